The number of ether oxygens (including phenoxy) is 2. The number of hydrogen-bond donors (Lipinski definition) is 6. The van der Waals surface area contributed by atoms with Crippen LogP contribution in [0, 0.1) is 5.92 Å². The molecule has 0 radical (unpaired) electrons. The Morgan fingerprint density at radius 3 is 1.86 bits per heavy atom. The number of carboxylic acid groups (broad SMARTS) is 1. The Balaban J connectivity index is 0.000000168. The Bertz CT molecular complexity index is 3190. The van der Waals surface area contributed by atoms with Crippen LogP contribution >= 0.6 is 0 Å². The average Bonchev–Trinajstić information content (AvgIpc) is 3.87. The van der Waals surface area contributed by atoms with Crippen molar-refractivity contribution in [1.82, 2.24) is 50.5 Å². The summed E-state index contributed by atoms with van der Waals surface area (Å²) in [6.07, 6.45) is 5.03. The van der Waals surface area contributed by atoms with Gasteiger partial charge in [0.1, 0.15) is 33.4 Å². The molecule has 6 N–H and O–H groups in total. The Kier molecular flexibility index (Phi) is 14.6. The van der Waals surface area contributed by atoms with Crippen LogP contribution < -0.4 is 41.4 Å². The van der Waals surface area contributed by atoms with Gasteiger partial charge in [-0.3, -0.25) is 19.3 Å². The first-order valence-corrected chi connectivity index (χ1v) is 23.4. The van der Waals surface area contributed by atoms with Crippen LogP contribution in [-0.2, 0) is 11.3 Å². The first-order chi connectivity index (χ1) is 34.3. The molecule has 2 fully saturated rings. The maximum atomic E-state index is 12.6. The summed E-state index contributed by atoms with van der Waals surface area (Å²) in [4.78, 5) is 59.2. The van der Waals surface area contributed by atoms with Crippen LogP contribution in [0.2, 0.25) is 0 Å². The van der Waals surface area contributed by atoms with Crippen molar-refractivity contribution in [3.05, 3.63) is 136 Å². The second-order valence-corrected chi connectivity index (χ2v) is 16.7. The van der Waals surface area contributed by atoms with Crippen molar-refractivity contribution in [2.45, 2.75) is 39.7 Å². The summed E-state index contributed by atoms with van der Waals surface area (Å²) in [6, 6.07) is 31.2. The maximum Gasteiger partial charge on any atom is 0.303 e. The van der Waals surface area contributed by atoms with Crippen molar-refractivity contribution in [3.63, 3.8) is 0 Å². The van der Waals surface area contributed by atoms with Crippen LogP contribution in [0.4, 0.5) is 28.7 Å². The lowest BCUT2D eigenvalue weighted by Gasteiger charge is -2.33. The Hall–Kier alpha value is -8.29. The maximum absolute atomic E-state index is 12.6. The molecule has 4 aromatic carbocycles. The van der Waals surface area contributed by atoms with E-state index in [9.17, 15) is 14.4 Å². The standard InChI is InChI=1S/C25H24N6O3.C24H23N7O3.C2H6/c32-21(33)14-16-10-12-31(13-11-16)19-8-6-18(7-9-19)27-24-22-20(15-26-30-25(22)34)28-23(29-24)17-4-2-1-3-5-17;32-24-21-18(12-26-30-24)28-22(16-3-6-19-20(11-16)34-14-33-19)29-23(21)27-17-4-1-15(2-5-17)13-31-9-7-25-8-10-31;1-2/h1-9,15-16H,10-14H2,(H,30,34)(H,32,33)(H,27,28,29);1-6,11-12,25H,7-10,13-14H2,(H,30,32)(H,27,28,29);1-2H3. The molecule has 3 aliphatic heterocycles. The fraction of sp³-hybridized carbons (Fsp3) is 0.275. The van der Waals surface area contributed by atoms with E-state index in [4.69, 9.17) is 14.6 Å². The SMILES string of the molecule is CC.O=C(O)CC1CCN(c2ccc(Nc3nc(-c4ccccc4)nc4cn[nH]c(=O)c34)cc2)CC1.O=c1[nH]ncc2nc(-c3ccc4c(c3)OCO4)nc(Nc3ccc(CN4CCNCC4)cc3)c12. The molecule has 2 saturated heterocycles. The summed E-state index contributed by atoms with van der Waals surface area (Å²) in [6.45, 7) is 10.9. The first-order valence-electron chi connectivity index (χ1n) is 23.4. The molecule has 70 heavy (non-hydrogen) atoms. The number of rotatable bonds is 11. The third-order valence-corrected chi connectivity index (χ3v) is 12.1. The predicted molar refractivity (Wildman–Crippen MR) is 269 cm³/mol. The zero-order valence-corrected chi connectivity index (χ0v) is 38.8. The van der Waals surface area contributed by atoms with Gasteiger partial charge in [0, 0.05) is 80.4 Å². The minimum absolute atomic E-state index is 0.189. The summed E-state index contributed by atoms with van der Waals surface area (Å²) >= 11 is 0. The van der Waals surface area contributed by atoms with Gasteiger partial charge in [-0.15, -0.1) is 0 Å². The van der Waals surface area contributed by atoms with E-state index in [-0.39, 0.29) is 30.3 Å². The predicted octanol–water partition coefficient (Wildman–Crippen LogP) is 7.10. The van der Waals surface area contributed by atoms with Crippen molar-refractivity contribution >= 4 is 56.5 Å². The molecule has 0 bridgehead atoms. The van der Waals surface area contributed by atoms with Gasteiger partial charge in [0.15, 0.2) is 23.1 Å². The van der Waals surface area contributed by atoms with Crippen LogP contribution in [0.3, 0.4) is 0 Å². The van der Waals surface area contributed by atoms with Gasteiger partial charge in [0.25, 0.3) is 11.1 Å². The number of nitrogens with zero attached hydrogens (tertiary/aromatic N) is 8. The molecule has 11 rings (SSSR count). The highest BCUT2D eigenvalue weighted by Crippen LogP contribution is 2.36. The number of aromatic nitrogens is 8. The highest BCUT2D eigenvalue weighted by Gasteiger charge is 2.22. The fourth-order valence-corrected chi connectivity index (χ4v) is 8.56. The number of aromatic amines is 2. The molecule has 358 valence electrons. The van der Waals surface area contributed by atoms with E-state index in [0.717, 1.165) is 86.8 Å². The van der Waals surface area contributed by atoms with Gasteiger partial charge in [0.05, 0.1) is 12.4 Å². The number of carboxylic acids is 1. The first kappa shape index (κ1) is 46.8. The molecule has 0 aliphatic carbocycles. The summed E-state index contributed by atoms with van der Waals surface area (Å²) in [5.74, 6) is 2.62. The number of benzene rings is 4. The van der Waals surface area contributed by atoms with Crippen molar-refractivity contribution in [2.24, 2.45) is 5.92 Å². The molecular weight excluding hydrogens is 891 g/mol. The van der Waals surface area contributed by atoms with E-state index < -0.39 is 5.97 Å². The molecule has 3 aliphatic rings. The molecular formula is C51H53N13O6. The Morgan fingerprint density at radius 1 is 0.686 bits per heavy atom. The van der Waals surface area contributed by atoms with Crippen LogP contribution in [-0.4, -0.2) is 102 Å². The number of anilines is 5. The minimum Gasteiger partial charge on any atom is -0.481 e. The van der Waals surface area contributed by atoms with Crippen LogP contribution in [0.1, 0.15) is 38.7 Å². The molecule has 19 heteroatoms. The summed E-state index contributed by atoms with van der Waals surface area (Å²) in [5.41, 5.74) is 5.73. The number of nitrogens with one attached hydrogen (secondary N) is 5. The quantitative estimate of drug-likeness (QED) is 0.0758. The summed E-state index contributed by atoms with van der Waals surface area (Å²) < 4.78 is 10.9. The van der Waals surface area contributed by atoms with Gasteiger partial charge in [-0.2, -0.15) is 10.2 Å². The molecule has 0 atom stereocenters. The summed E-state index contributed by atoms with van der Waals surface area (Å²) in [7, 11) is 0. The van der Waals surface area contributed by atoms with Crippen molar-refractivity contribution in [2.75, 3.05) is 61.6 Å². The van der Waals surface area contributed by atoms with Crippen LogP contribution in [0.15, 0.2) is 119 Å². The molecule has 0 unspecified atom stereocenters. The van der Waals surface area contributed by atoms with E-state index in [2.05, 4.69) is 78.2 Å². The van der Waals surface area contributed by atoms with Gasteiger partial charge in [-0.1, -0.05) is 56.3 Å². The Morgan fingerprint density at radius 2 is 1.26 bits per heavy atom. The molecule has 7 heterocycles. The fourth-order valence-electron chi connectivity index (χ4n) is 8.56. The molecule has 19 nitrogen and oxygen atoms in total. The summed E-state index contributed by atoms with van der Waals surface area (Å²) in [5, 5.41) is 32.4. The number of piperidine rings is 1. The van der Waals surface area contributed by atoms with Crippen LogP contribution in [0.5, 0.6) is 11.5 Å². The van der Waals surface area contributed by atoms with E-state index in [1.54, 1.807) is 0 Å². The van der Waals surface area contributed by atoms with E-state index in [1.807, 2.05) is 98.8 Å². The average molecular weight is 944 g/mol. The number of piperazine rings is 1. The number of H-pyrrole nitrogens is 2. The van der Waals surface area contributed by atoms with Gasteiger partial charge in [0.2, 0.25) is 6.79 Å². The van der Waals surface area contributed by atoms with E-state index in [1.165, 1.54) is 18.0 Å². The van der Waals surface area contributed by atoms with Crippen molar-refractivity contribution < 1.29 is 19.4 Å². The third kappa shape index (κ3) is 11.0. The zero-order valence-electron chi connectivity index (χ0n) is 38.8. The number of hydrogen-bond acceptors (Lipinski definition) is 16. The topological polar surface area (TPSA) is 241 Å². The highest BCUT2D eigenvalue weighted by atomic mass is 16.7. The Labute approximate surface area is 402 Å². The van der Waals surface area contributed by atoms with Gasteiger partial charge < -0.3 is 35.4 Å². The van der Waals surface area contributed by atoms with Crippen molar-refractivity contribution in [3.8, 4) is 34.3 Å². The molecule has 4 aromatic heterocycles. The third-order valence-electron chi connectivity index (χ3n) is 12.1. The van der Waals surface area contributed by atoms with Gasteiger partial charge in [-0.25, -0.2) is 30.1 Å². The number of aliphatic carboxylic acids is 1. The molecule has 8 aromatic rings. The lowest BCUT2D eigenvalue weighted by Crippen LogP contribution is -2.42. The molecule has 0 amide bonds. The second-order valence-electron chi connectivity index (χ2n) is 16.7. The van der Waals surface area contributed by atoms with Gasteiger partial charge in [-0.05, 0) is 78.9 Å². The monoisotopic (exact) mass is 943 g/mol. The number of carbonyl (C=O) groups is 1. The zero-order chi connectivity index (χ0) is 48.4. The number of fused-ring (bicyclic) bond motifs is 3. The second kappa shape index (κ2) is 21.8. The lowest BCUT2D eigenvalue weighted by atomic mass is 9.93. The minimum atomic E-state index is -0.726. The molecule has 0 saturated carbocycles. The van der Waals surface area contributed by atoms with Gasteiger partial charge >= 0.3 is 5.97 Å². The largest absolute Gasteiger partial charge is 0.481 e. The normalized spacial score (nSPS) is 14.6. The lowest BCUT2D eigenvalue weighted by molar-refractivity contribution is -0.138. The van der Waals surface area contributed by atoms with E-state index >= 15 is 0 Å². The van der Waals surface area contributed by atoms with E-state index in [0.29, 0.717) is 56.6 Å². The highest BCUT2D eigenvalue weighted by molar-refractivity contribution is 5.92. The van der Waals surface area contributed by atoms with Crippen molar-refractivity contribution in [1.29, 1.82) is 0 Å². The molecule has 0 spiro atoms. The smallest absolute Gasteiger partial charge is 0.303 e. The van der Waals surface area contributed by atoms with Crippen LogP contribution in [0.25, 0.3) is 44.6 Å².